The van der Waals surface area contributed by atoms with Crippen LogP contribution in [0.1, 0.15) is 32.7 Å². The van der Waals surface area contributed by atoms with E-state index in [0.717, 1.165) is 33.0 Å². The molecule has 0 saturated heterocycles. The van der Waals surface area contributed by atoms with Crippen molar-refractivity contribution < 1.29 is 19.1 Å². The summed E-state index contributed by atoms with van der Waals surface area (Å²) < 4.78 is 10.8. The van der Waals surface area contributed by atoms with Crippen LogP contribution in [0.5, 0.6) is 11.5 Å². The van der Waals surface area contributed by atoms with E-state index < -0.39 is 0 Å². The average Bonchev–Trinajstić information content (AvgIpc) is 2.90. The van der Waals surface area contributed by atoms with Crippen LogP contribution in [-0.4, -0.2) is 48.2 Å². The van der Waals surface area contributed by atoms with E-state index >= 15 is 0 Å². The molecule has 3 aromatic rings. The van der Waals surface area contributed by atoms with Gasteiger partial charge in [-0.3, -0.25) is 14.6 Å². The lowest BCUT2D eigenvalue weighted by atomic mass is 9.94. The van der Waals surface area contributed by atoms with Crippen LogP contribution in [-0.2, 0) is 24.3 Å². The predicted molar refractivity (Wildman–Crippen MR) is 136 cm³/mol. The minimum absolute atomic E-state index is 0.0291. The molecule has 182 valence electrons. The maximum atomic E-state index is 12.8. The van der Waals surface area contributed by atoms with Crippen molar-refractivity contribution in [1.29, 1.82) is 0 Å². The van der Waals surface area contributed by atoms with Gasteiger partial charge in [0.2, 0.25) is 0 Å². The van der Waals surface area contributed by atoms with Crippen LogP contribution in [0, 0.1) is 6.92 Å². The third kappa shape index (κ3) is 5.77. The molecule has 4 rings (SSSR count). The Kier molecular flexibility index (Phi) is 7.92. The molecule has 0 spiro atoms. The number of nitrogens with zero attached hydrogens (tertiary/aromatic N) is 2. The number of hydrogen-bond acceptors (Lipinski definition) is 6. The van der Waals surface area contributed by atoms with Crippen molar-refractivity contribution in [2.24, 2.45) is 0 Å². The molecular formula is C27H29N3O4S. The molecular weight excluding hydrogens is 462 g/mol. The fraction of sp³-hybridized carbons (Fsp3) is 0.296. The number of ether oxygens (including phenoxy) is 2. The number of carbonyl (C=O) groups is 2. The maximum Gasteiger partial charge on any atom is 0.260 e. The third-order valence-corrected chi connectivity index (χ3v) is 6.94. The van der Waals surface area contributed by atoms with Crippen molar-refractivity contribution in [3.8, 4) is 11.5 Å². The molecule has 1 aromatic heterocycles. The SMILES string of the molecule is COc1ccc(OCC(=O)N2CCc3c(cnc(C)c3CNC(=O)c3ccccc3SC)C2)cc1. The first-order chi connectivity index (χ1) is 17.0. The molecule has 8 heteroatoms. The van der Waals surface area contributed by atoms with Crippen molar-refractivity contribution in [3.05, 3.63) is 82.7 Å². The zero-order valence-corrected chi connectivity index (χ0v) is 21.0. The molecule has 1 N–H and O–H groups in total. The average molecular weight is 492 g/mol. The summed E-state index contributed by atoms with van der Waals surface area (Å²) in [5.74, 6) is 1.18. The van der Waals surface area contributed by atoms with Gasteiger partial charge < -0.3 is 19.7 Å². The number of hydrogen-bond donors (Lipinski definition) is 1. The Morgan fingerprint density at radius 2 is 1.86 bits per heavy atom. The van der Waals surface area contributed by atoms with Crippen LogP contribution in [0.2, 0.25) is 0 Å². The Morgan fingerprint density at radius 1 is 1.11 bits per heavy atom. The second-order valence-electron chi connectivity index (χ2n) is 8.24. The van der Waals surface area contributed by atoms with Gasteiger partial charge in [-0.1, -0.05) is 12.1 Å². The summed E-state index contributed by atoms with van der Waals surface area (Å²) in [6.45, 7) is 3.40. The highest BCUT2D eigenvalue weighted by Gasteiger charge is 2.24. The van der Waals surface area contributed by atoms with Gasteiger partial charge >= 0.3 is 0 Å². The number of carbonyl (C=O) groups excluding carboxylic acids is 2. The molecule has 7 nitrogen and oxygen atoms in total. The molecule has 35 heavy (non-hydrogen) atoms. The normalized spacial score (nSPS) is 12.6. The standard InChI is InChI=1S/C27H29N3O4S/c1-18-24(15-29-27(32)23-6-4-5-7-25(23)35-3)22-12-13-30(16-19(22)14-28-18)26(31)17-34-21-10-8-20(33-2)9-11-21/h4-11,14H,12-13,15-17H2,1-3H3,(H,29,32). The van der Waals surface area contributed by atoms with Crippen molar-refractivity contribution in [3.63, 3.8) is 0 Å². The van der Waals surface area contributed by atoms with E-state index in [-0.39, 0.29) is 18.4 Å². The van der Waals surface area contributed by atoms with Gasteiger partial charge in [0.05, 0.1) is 12.7 Å². The van der Waals surface area contributed by atoms with Gasteiger partial charge in [0.15, 0.2) is 6.61 Å². The van der Waals surface area contributed by atoms with Crippen molar-refractivity contribution in [2.45, 2.75) is 31.3 Å². The van der Waals surface area contributed by atoms with Crippen LogP contribution >= 0.6 is 11.8 Å². The number of methoxy groups -OCH3 is 1. The molecule has 0 unspecified atom stereocenters. The lowest BCUT2D eigenvalue weighted by Crippen LogP contribution is -2.39. The largest absolute Gasteiger partial charge is 0.497 e. The minimum Gasteiger partial charge on any atom is -0.497 e. The van der Waals surface area contributed by atoms with Crippen LogP contribution in [0.3, 0.4) is 0 Å². The third-order valence-electron chi connectivity index (χ3n) is 6.15. The number of aromatic nitrogens is 1. The molecule has 0 radical (unpaired) electrons. The number of amides is 2. The number of aryl methyl sites for hydroxylation is 1. The second-order valence-corrected chi connectivity index (χ2v) is 9.09. The summed E-state index contributed by atoms with van der Waals surface area (Å²) in [4.78, 5) is 32.9. The molecule has 2 heterocycles. The van der Waals surface area contributed by atoms with Crippen LogP contribution in [0.25, 0.3) is 0 Å². The predicted octanol–water partition coefficient (Wildman–Crippen LogP) is 4.01. The van der Waals surface area contributed by atoms with E-state index in [4.69, 9.17) is 9.47 Å². The Morgan fingerprint density at radius 3 is 2.60 bits per heavy atom. The van der Waals surface area contributed by atoms with Gasteiger partial charge in [-0.25, -0.2) is 0 Å². The van der Waals surface area contributed by atoms with E-state index in [1.54, 1.807) is 48.0 Å². The van der Waals surface area contributed by atoms with Gasteiger partial charge in [0, 0.05) is 36.4 Å². The fourth-order valence-electron chi connectivity index (χ4n) is 4.17. The Bertz CT molecular complexity index is 1210. The van der Waals surface area contributed by atoms with Crippen molar-refractivity contribution >= 4 is 23.6 Å². The lowest BCUT2D eigenvalue weighted by molar-refractivity contribution is -0.134. The van der Waals surface area contributed by atoms with Gasteiger partial charge in [0.25, 0.3) is 11.8 Å². The monoisotopic (exact) mass is 491 g/mol. The first-order valence-electron chi connectivity index (χ1n) is 11.4. The number of rotatable bonds is 8. The van der Waals surface area contributed by atoms with E-state index in [1.807, 2.05) is 43.6 Å². The zero-order chi connectivity index (χ0) is 24.8. The fourth-order valence-corrected chi connectivity index (χ4v) is 4.77. The topological polar surface area (TPSA) is 80.8 Å². The Hall–Kier alpha value is -3.52. The maximum absolute atomic E-state index is 12.8. The minimum atomic E-state index is -0.102. The van der Waals surface area contributed by atoms with Crippen molar-refractivity contribution in [2.75, 3.05) is 26.5 Å². The Labute approximate surface area is 209 Å². The zero-order valence-electron chi connectivity index (χ0n) is 20.2. The lowest BCUT2D eigenvalue weighted by Gasteiger charge is -2.30. The van der Waals surface area contributed by atoms with Gasteiger partial charge in [-0.05, 0) is 72.7 Å². The summed E-state index contributed by atoms with van der Waals surface area (Å²) >= 11 is 1.55. The number of fused-ring (bicyclic) bond motifs is 1. The highest BCUT2D eigenvalue weighted by molar-refractivity contribution is 7.98. The molecule has 1 aliphatic heterocycles. The van der Waals surface area contributed by atoms with Crippen LogP contribution < -0.4 is 14.8 Å². The summed E-state index contributed by atoms with van der Waals surface area (Å²) in [6.07, 6.45) is 4.51. The molecule has 1 aliphatic rings. The molecule has 2 aromatic carbocycles. The summed E-state index contributed by atoms with van der Waals surface area (Å²) in [5.41, 5.74) is 4.76. The summed E-state index contributed by atoms with van der Waals surface area (Å²) in [6, 6.07) is 14.7. The molecule has 0 aliphatic carbocycles. The first kappa shape index (κ1) is 24.6. The highest BCUT2D eigenvalue weighted by Crippen LogP contribution is 2.25. The quantitative estimate of drug-likeness (QED) is 0.480. The molecule has 0 fully saturated rings. The number of benzene rings is 2. The molecule has 2 amide bonds. The van der Waals surface area contributed by atoms with Gasteiger partial charge in [-0.15, -0.1) is 11.8 Å². The van der Waals surface area contributed by atoms with Crippen LogP contribution in [0.4, 0.5) is 0 Å². The second kappa shape index (κ2) is 11.3. The summed E-state index contributed by atoms with van der Waals surface area (Å²) in [7, 11) is 1.61. The molecule has 0 bridgehead atoms. The Balaban J connectivity index is 1.39. The van der Waals surface area contributed by atoms with E-state index in [1.165, 1.54) is 0 Å². The van der Waals surface area contributed by atoms with Gasteiger partial charge in [-0.2, -0.15) is 0 Å². The van der Waals surface area contributed by atoms with E-state index in [0.29, 0.717) is 37.4 Å². The van der Waals surface area contributed by atoms with E-state index in [2.05, 4.69) is 10.3 Å². The van der Waals surface area contributed by atoms with E-state index in [9.17, 15) is 9.59 Å². The first-order valence-corrected chi connectivity index (χ1v) is 12.6. The number of pyridine rings is 1. The smallest absolute Gasteiger partial charge is 0.260 e. The van der Waals surface area contributed by atoms with Crippen LogP contribution in [0.15, 0.2) is 59.6 Å². The highest BCUT2D eigenvalue weighted by atomic mass is 32.2. The number of nitrogens with one attached hydrogen (secondary N) is 1. The summed E-state index contributed by atoms with van der Waals surface area (Å²) in [5, 5.41) is 3.06. The number of thioether (sulfide) groups is 1. The molecule has 0 atom stereocenters. The van der Waals surface area contributed by atoms with Gasteiger partial charge in [0.1, 0.15) is 11.5 Å². The van der Waals surface area contributed by atoms with Crippen molar-refractivity contribution in [1.82, 2.24) is 15.2 Å². The molecule has 0 saturated carbocycles.